The minimum atomic E-state index is -4.66. The number of halogens is 3. The molecule has 0 aliphatic carbocycles. The van der Waals surface area contributed by atoms with Gasteiger partial charge in [-0.3, -0.25) is 4.79 Å². The summed E-state index contributed by atoms with van der Waals surface area (Å²) in [5.74, 6) is -2.46. The summed E-state index contributed by atoms with van der Waals surface area (Å²) >= 11 is 0. The van der Waals surface area contributed by atoms with E-state index in [-0.39, 0.29) is 0 Å². The number of alkyl halides is 3. The largest absolute Gasteiger partial charge is 0.477 e. The molecule has 0 radical (unpaired) electrons. The van der Waals surface area contributed by atoms with Gasteiger partial charge in [0, 0.05) is 6.42 Å². The van der Waals surface area contributed by atoms with Crippen molar-refractivity contribution in [2.24, 2.45) is 0 Å². The van der Waals surface area contributed by atoms with Gasteiger partial charge in [0.15, 0.2) is 0 Å². The van der Waals surface area contributed by atoms with Crippen LogP contribution >= 0.6 is 0 Å². The Morgan fingerprint density at radius 2 is 1.67 bits per heavy atom. The number of carbonyl (C=O) groups excluding carboxylic acids is 1. The van der Waals surface area contributed by atoms with E-state index in [9.17, 15) is 22.8 Å². The Bertz CT molecular complexity index is 733. The zero-order valence-corrected chi connectivity index (χ0v) is 12.2. The average molecular weight is 338 g/mol. The molecule has 2 rings (SSSR count). The van der Waals surface area contributed by atoms with Gasteiger partial charge in [-0.15, -0.1) is 0 Å². The number of nitrogens with zero attached hydrogens (tertiary/aromatic N) is 1. The molecule has 1 unspecified atom stereocenters. The summed E-state index contributed by atoms with van der Waals surface area (Å²) in [6, 6.07) is 9.34. The van der Waals surface area contributed by atoms with Gasteiger partial charge in [0.1, 0.15) is 17.4 Å². The topological polar surface area (TPSA) is 79.3 Å². The van der Waals surface area contributed by atoms with Crippen molar-refractivity contribution in [2.45, 2.75) is 18.6 Å². The summed E-state index contributed by atoms with van der Waals surface area (Å²) in [5.41, 5.74) is -0.404. The lowest BCUT2D eigenvalue weighted by Gasteiger charge is -2.21. The minimum absolute atomic E-state index is 0.391. The van der Waals surface area contributed by atoms with Gasteiger partial charge in [-0.2, -0.15) is 13.2 Å². The van der Waals surface area contributed by atoms with Crippen molar-refractivity contribution in [3.63, 3.8) is 0 Å². The first-order valence-corrected chi connectivity index (χ1v) is 6.89. The molecule has 0 saturated carbocycles. The number of aromatic nitrogens is 1. The average Bonchev–Trinajstić information content (AvgIpc) is 2.54. The fourth-order valence-corrected chi connectivity index (χ4v) is 2.01. The fraction of sp³-hybridized carbons (Fsp3) is 0.188. The second-order valence-electron chi connectivity index (χ2n) is 4.97. The first kappa shape index (κ1) is 17.5. The van der Waals surface area contributed by atoms with E-state index in [1.165, 1.54) is 18.2 Å². The minimum Gasteiger partial charge on any atom is -0.477 e. The van der Waals surface area contributed by atoms with Crippen LogP contribution < -0.4 is 5.32 Å². The van der Waals surface area contributed by atoms with Gasteiger partial charge in [-0.05, 0) is 17.7 Å². The van der Waals surface area contributed by atoms with Crippen LogP contribution in [0.4, 0.5) is 13.2 Å². The SMILES string of the molecule is O=C(O)c1cccc(C(=O)NC(Cc2ccccc2)C(F)(F)F)n1. The molecule has 0 aliphatic heterocycles. The number of hydrogen-bond acceptors (Lipinski definition) is 3. The highest BCUT2D eigenvalue weighted by atomic mass is 19.4. The Hall–Kier alpha value is -2.90. The van der Waals surface area contributed by atoms with Crippen LogP contribution in [-0.4, -0.2) is 34.2 Å². The molecule has 0 fully saturated rings. The standard InChI is InChI=1S/C16H13F3N2O3/c17-16(18,19)13(9-10-5-2-1-3-6-10)21-14(22)11-7-4-8-12(20-11)15(23)24/h1-8,13H,9H2,(H,21,22)(H,23,24). The van der Waals surface area contributed by atoms with Crippen LogP contribution in [0.2, 0.25) is 0 Å². The van der Waals surface area contributed by atoms with Crippen molar-refractivity contribution in [2.75, 3.05) is 0 Å². The number of aromatic carboxylic acids is 1. The molecule has 24 heavy (non-hydrogen) atoms. The van der Waals surface area contributed by atoms with Crippen LogP contribution in [0, 0.1) is 0 Å². The highest BCUT2D eigenvalue weighted by Crippen LogP contribution is 2.23. The van der Waals surface area contributed by atoms with E-state index >= 15 is 0 Å². The van der Waals surface area contributed by atoms with Gasteiger partial charge in [-0.1, -0.05) is 36.4 Å². The van der Waals surface area contributed by atoms with Gasteiger partial charge in [0.05, 0.1) is 0 Å². The van der Waals surface area contributed by atoms with E-state index < -0.39 is 41.9 Å². The van der Waals surface area contributed by atoms with E-state index in [0.717, 1.165) is 12.1 Å². The number of amides is 1. The van der Waals surface area contributed by atoms with Crippen LogP contribution in [0.5, 0.6) is 0 Å². The van der Waals surface area contributed by atoms with Crippen molar-refractivity contribution in [1.29, 1.82) is 0 Å². The lowest BCUT2D eigenvalue weighted by molar-refractivity contribution is -0.153. The van der Waals surface area contributed by atoms with Crippen LogP contribution in [-0.2, 0) is 6.42 Å². The maximum absolute atomic E-state index is 13.2. The number of hydrogen-bond donors (Lipinski definition) is 2. The maximum atomic E-state index is 13.2. The predicted molar refractivity (Wildman–Crippen MR) is 78.7 cm³/mol. The van der Waals surface area contributed by atoms with Crippen molar-refractivity contribution in [3.05, 3.63) is 65.5 Å². The Balaban J connectivity index is 2.18. The molecule has 1 heterocycles. The first-order valence-electron chi connectivity index (χ1n) is 6.89. The van der Waals surface area contributed by atoms with Gasteiger partial charge in [-0.25, -0.2) is 9.78 Å². The quantitative estimate of drug-likeness (QED) is 0.878. The van der Waals surface area contributed by atoms with Gasteiger partial charge >= 0.3 is 12.1 Å². The van der Waals surface area contributed by atoms with Crippen LogP contribution in [0.25, 0.3) is 0 Å². The number of rotatable bonds is 5. The fourth-order valence-electron chi connectivity index (χ4n) is 2.01. The third-order valence-electron chi connectivity index (χ3n) is 3.18. The third-order valence-corrected chi connectivity index (χ3v) is 3.18. The molecule has 8 heteroatoms. The van der Waals surface area contributed by atoms with E-state index in [0.29, 0.717) is 5.56 Å². The highest BCUT2D eigenvalue weighted by Gasteiger charge is 2.40. The molecule has 1 aromatic heterocycles. The second kappa shape index (κ2) is 7.12. The number of pyridine rings is 1. The van der Waals surface area contributed by atoms with E-state index in [1.54, 1.807) is 18.2 Å². The lowest BCUT2D eigenvalue weighted by Crippen LogP contribution is -2.47. The Kier molecular flexibility index (Phi) is 5.18. The lowest BCUT2D eigenvalue weighted by atomic mass is 10.1. The van der Waals surface area contributed by atoms with E-state index in [4.69, 9.17) is 5.11 Å². The predicted octanol–water partition coefficient (Wildman–Crippen LogP) is 2.68. The maximum Gasteiger partial charge on any atom is 0.408 e. The van der Waals surface area contributed by atoms with Crippen molar-refractivity contribution in [3.8, 4) is 0 Å². The van der Waals surface area contributed by atoms with Crippen LogP contribution in [0.15, 0.2) is 48.5 Å². The molecule has 1 atom stereocenters. The Morgan fingerprint density at radius 1 is 1.04 bits per heavy atom. The number of carboxylic acid groups (broad SMARTS) is 1. The summed E-state index contributed by atoms with van der Waals surface area (Å²) in [7, 11) is 0. The molecular weight excluding hydrogens is 325 g/mol. The monoisotopic (exact) mass is 338 g/mol. The molecule has 2 aromatic rings. The van der Waals surface area contributed by atoms with E-state index in [1.807, 2.05) is 5.32 Å². The Labute approximate surface area is 135 Å². The molecule has 2 N–H and O–H groups in total. The van der Waals surface area contributed by atoms with Crippen molar-refractivity contribution < 1.29 is 27.9 Å². The third kappa shape index (κ3) is 4.55. The molecule has 5 nitrogen and oxygen atoms in total. The number of benzene rings is 1. The summed E-state index contributed by atoms with van der Waals surface area (Å²) < 4.78 is 39.5. The van der Waals surface area contributed by atoms with Gasteiger partial charge < -0.3 is 10.4 Å². The van der Waals surface area contributed by atoms with Crippen molar-refractivity contribution in [1.82, 2.24) is 10.3 Å². The number of carbonyl (C=O) groups is 2. The molecule has 0 spiro atoms. The smallest absolute Gasteiger partial charge is 0.408 e. The molecule has 1 aromatic carbocycles. The summed E-state index contributed by atoms with van der Waals surface area (Å²) in [4.78, 5) is 26.4. The molecular formula is C16H13F3N2O3. The molecule has 126 valence electrons. The van der Waals surface area contributed by atoms with Crippen LogP contribution in [0.1, 0.15) is 26.5 Å². The summed E-state index contributed by atoms with van der Waals surface area (Å²) in [5, 5.41) is 10.7. The Morgan fingerprint density at radius 3 is 2.25 bits per heavy atom. The van der Waals surface area contributed by atoms with Crippen LogP contribution in [0.3, 0.4) is 0 Å². The number of nitrogens with one attached hydrogen (secondary N) is 1. The molecule has 0 saturated heterocycles. The molecule has 0 aliphatic rings. The van der Waals surface area contributed by atoms with Gasteiger partial charge in [0.25, 0.3) is 5.91 Å². The van der Waals surface area contributed by atoms with Gasteiger partial charge in [0.2, 0.25) is 0 Å². The zero-order chi connectivity index (χ0) is 17.7. The second-order valence-corrected chi connectivity index (χ2v) is 4.97. The molecule has 1 amide bonds. The zero-order valence-electron chi connectivity index (χ0n) is 12.2. The van der Waals surface area contributed by atoms with Crippen molar-refractivity contribution >= 4 is 11.9 Å². The number of carboxylic acids is 1. The normalized spacial score (nSPS) is 12.5. The summed E-state index contributed by atoms with van der Waals surface area (Å²) in [6.45, 7) is 0. The molecule has 0 bridgehead atoms. The van der Waals surface area contributed by atoms with E-state index in [2.05, 4.69) is 4.98 Å². The summed E-state index contributed by atoms with van der Waals surface area (Å²) in [6.07, 6.45) is -5.09. The highest BCUT2D eigenvalue weighted by molar-refractivity contribution is 5.94. The first-order chi connectivity index (χ1) is 11.3.